The number of hydrogen-bond acceptors (Lipinski definition) is 1. The molecule has 2 aromatic rings. The molecular weight excluding hydrogens is 196 g/mol. The number of phenols is 1. The highest BCUT2D eigenvalue weighted by Crippen LogP contribution is 2.27. The van der Waals surface area contributed by atoms with Crippen molar-refractivity contribution in [3.63, 3.8) is 0 Å². The SMILES string of the molecule is C=CCc1cc(O)ccc1-c1ccccc1. The predicted octanol–water partition coefficient (Wildman–Crippen LogP) is 3.79. The van der Waals surface area contributed by atoms with Gasteiger partial charge >= 0.3 is 0 Å². The summed E-state index contributed by atoms with van der Waals surface area (Å²) in [5.41, 5.74) is 3.42. The van der Waals surface area contributed by atoms with Crippen molar-refractivity contribution < 1.29 is 5.11 Å². The van der Waals surface area contributed by atoms with E-state index in [0.29, 0.717) is 5.75 Å². The van der Waals surface area contributed by atoms with Crippen molar-refractivity contribution >= 4 is 0 Å². The van der Waals surface area contributed by atoms with Crippen molar-refractivity contribution in [2.45, 2.75) is 6.42 Å². The Balaban J connectivity index is 2.51. The average Bonchev–Trinajstić information content (AvgIpc) is 2.31. The highest BCUT2D eigenvalue weighted by molar-refractivity contribution is 5.68. The van der Waals surface area contributed by atoms with E-state index in [1.807, 2.05) is 30.3 Å². The number of aromatic hydroxyl groups is 1. The molecule has 16 heavy (non-hydrogen) atoms. The van der Waals surface area contributed by atoms with Gasteiger partial charge in [0, 0.05) is 0 Å². The second-order valence-electron chi connectivity index (χ2n) is 3.70. The van der Waals surface area contributed by atoms with E-state index in [0.717, 1.165) is 17.5 Å². The van der Waals surface area contributed by atoms with Gasteiger partial charge in [-0.2, -0.15) is 0 Å². The van der Waals surface area contributed by atoms with E-state index in [1.165, 1.54) is 5.56 Å². The summed E-state index contributed by atoms with van der Waals surface area (Å²) in [7, 11) is 0. The number of phenolic OH excluding ortho intramolecular Hbond substituents is 1. The molecule has 0 bridgehead atoms. The molecule has 2 aromatic carbocycles. The molecule has 0 radical (unpaired) electrons. The van der Waals surface area contributed by atoms with Crippen LogP contribution in [0.2, 0.25) is 0 Å². The quantitative estimate of drug-likeness (QED) is 0.764. The van der Waals surface area contributed by atoms with Gasteiger partial charge in [-0.3, -0.25) is 0 Å². The third-order valence-corrected chi connectivity index (χ3v) is 2.54. The monoisotopic (exact) mass is 210 g/mol. The molecule has 0 fully saturated rings. The topological polar surface area (TPSA) is 20.2 Å². The fraction of sp³-hybridized carbons (Fsp3) is 0.0667. The first-order valence-electron chi connectivity index (χ1n) is 5.29. The summed E-state index contributed by atoms with van der Waals surface area (Å²) >= 11 is 0. The molecule has 0 amide bonds. The molecule has 80 valence electrons. The Labute approximate surface area is 95.7 Å². The standard InChI is InChI=1S/C15H14O/c1-2-6-13-11-14(16)9-10-15(13)12-7-4-3-5-8-12/h2-5,7-11,16H,1,6H2. The third-order valence-electron chi connectivity index (χ3n) is 2.54. The van der Waals surface area contributed by atoms with E-state index in [2.05, 4.69) is 18.7 Å². The lowest BCUT2D eigenvalue weighted by Crippen LogP contribution is -1.87. The fourth-order valence-corrected chi connectivity index (χ4v) is 1.80. The van der Waals surface area contributed by atoms with E-state index in [-0.39, 0.29) is 0 Å². The van der Waals surface area contributed by atoms with Crippen LogP contribution < -0.4 is 0 Å². The number of allylic oxidation sites excluding steroid dienone is 1. The molecule has 0 saturated carbocycles. The Bertz CT molecular complexity index is 486. The van der Waals surface area contributed by atoms with Crippen LogP contribution >= 0.6 is 0 Å². The summed E-state index contributed by atoms with van der Waals surface area (Å²) in [6, 6.07) is 15.6. The van der Waals surface area contributed by atoms with E-state index < -0.39 is 0 Å². The maximum Gasteiger partial charge on any atom is 0.115 e. The summed E-state index contributed by atoms with van der Waals surface area (Å²) in [5, 5.41) is 9.48. The Morgan fingerprint density at radius 2 is 1.81 bits per heavy atom. The van der Waals surface area contributed by atoms with Crippen LogP contribution in [0, 0.1) is 0 Å². The van der Waals surface area contributed by atoms with Gasteiger partial charge in [0.1, 0.15) is 5.75 Å². The molecule has 0 aliphatic carbocycles. The first-order valence-corrected chi connectivity index (χ1v) is 5.29. The Morgan fingerprint density at radius 3 is 2.50 bits per heavy atom. The normalized spacial score (nSPS) is 10.0. The van der Waals surface area contributed by atoms with Crippen LogP contribution in [0.3, 0.4) is 0 Å². The minimum absolute atomic E-state index is 0.302. The van der Waals surface area contributed by atoms with Gasteiger partial charge in [-0.05, 0) is 35.2 Å². The maximum atomic E-state index is 9.48. The van der Waals surface area contributed by atoms with E-state index in [1.54, 1.807) is 12.1 Å². The molecule has 0 aliphatic heterocycles. The lowest BCUT2D eigenvalue weighted by Gasteiger charge is -2.08. The molecule has 0 saturated heterocycles. The van der Waals surface area contributed by atoms with Crippen LogP contribution in [0.4, 0.5) is 0 Å². The number of hydrogen-bond donors (Lipinski definition) is 1. The lowest BCUT2D eigenvalue weighted by molar-refractivity contribution is 0.475. The van der Waals surface area contributed by atoms with Gasteiger partial charge in [0.05, 0.1) is 0 Å². The van der Waals surface area contributed by atoms with Gasteiger partial charge in [0.2, 0.25) is 0 Å². The van der Waals surface area contributed by atoms with Crippen molar-refractivity contribution in [2.75, 3.05) is 0 Å². The Kier molecular flexibility index (Phi) is 3.06. The van der Waals surface area contributed by atoms with Gasteiger partial charge in [-0.15, -0.1) is 6.58 Å². The fourth-order valence-electron chi connectivity index (χ4n) is 1.80. The zero-order valence-corrected chi connectivity index (χ0v) is 9.06. The first-order chi connectivity index (χ1) is 7.81. The zero-order chi connectivity index (χ0) is 11.4. The molecular formula is C15H14O. The summed E-state index contributed by atoms with van der Waals surface area (Å²) in [6.45, 7) is 3.74. The molecule has 2 rings (SSSR count). The molecule has 0 heterocycles. The molecule has 1 heteroatoms. The predicted molar refractivity (Wildman–Crippen MR) is 67.4 cm³/mol. The molecule has 0 spiro atoms. The molecule has 0 aromatic heterocycles. The Hall–Kier alpha value is -2.02. The maximum absolute atomic E-state index is 9.48. The third kappa shape index (κ3) is 2.14. The van der Waals surface area contributed by atoms with Crippen molar-refractivity contribution in [1.29, 1.82) is 0 Å². The van der Waals surface area contributed by atoms with Crippen molar-refractivity contribution in [1.82, 2.24) is 0 Å². The van der Waals surface area contributed by atoms with Crippen LogP contribution in [0.5, 0.6) is 5.75 Å². The van der Waals surface area contributed by atoms with Crippen LogP contribution in [0.25, 0.3) is 11.1 Å². The highest BCUT2D eigenvalue weighted by Gasteiger charge is 2.04. The van der Waals surface area contributed by atoms with Crippen molar-refractivity contribution in [3.05, 3.63) is 66.7 Å². The van der Waals surface area contributed by atoms with E-state index in [4.69, 9.17) is 0 Å². The molecule has 0 atom stereocenters. The zero-order valence-electron chi connectivity index (χ0n) is 9.06. The summed E-state index contributed by atoms with van der Waals surface area (Å²) in [5.74, 6) is 0.302. The van der Waals surface area contributed by atoms with Gasteiger partial charge in [-0.25, -0.2) is 0 Å². The van der Waals surface area contributed by atoms with E-state index >= 15 is 0 Å². The van der Waals surface area contributed by atoms with Crippen molar-refractivity contribution in [2.24, 2.45) is 0 Å². The van der Waals surface area contributed by atoms with Crippen LogP contribution in [0.15, 0.2) is 61.2 Å². The van der Waals surface area contributed by atoms with Crippen LogP contribution in [-0.4, -0.2) is 5.11 Å². The Morgan fingerprint density at radius 1 is 1.06 bits per heavy atom. The van der Waals surface area contributed by atoms with E-state index in [9.17, 15) is 5.11 Å². The smallest absolute Gasteiger partial charge is 0.115 e. The molecule has 0 aliphatic rings. The van der Waals surface area contributed by atoms with Crippen molar-refractivity contribution in [3.8, 4) is 16.9 Å². The van der Waals surface area contributed by atoms with Crippen LogP contribution in [-0.2, 0) is 6.42 Å². The lowest BCUT2D eigenvalue weighted by atomic mass is 9.97. The summed E-state index contributed by atoms with van der Waals surface area (Å²) in [6.07, 6.45) is 2.61. The highest BCUT2D eigenvalue weighted by atomic mass is 16.3. The largest absolute Gasteiger partial charge is 0.508 e. The summed E-state index contributed by atoms with van der Waals surface area (Å²) < 4.78 is 0. The van der Waals surface area contributed by atoms with Gasteiger partial charge < -0.3 is 5.11 Å². The van der Waals surface area contributed by atoms with Crippen LogP contribution in [0.1, 0.15) is 5.56 Å². The second-order valence-corrected chi connectivity index (χ2v) is 3.70. The number of rotatable bonds is 3. The summed E-state index contributed by atoms with van der Waals surface area (Å²) in [4.78, 5) is 0. The van der Waals surface area contributed by atoms with Gasteiger partial charge in [0.15, 0.2) is 0 Å². The first kappa shape index (κ1) is 10.5. The number of benzene rings is 2. The molecule has 0 unspecified atom stereocenters. The molecule has 1 nitrogen and oxygen atoms in total. The minimum atomic E-state index is 0.302. The van der Waals surface area contributed by atoms with Gasteiger partial charge in [-0.1, -0.05) is 42.5 Å². The minimum Gasteiger partial charge on any atom is -0.508 e. The van der Waals surface area contributed by atoms with Gasteiger partial charge in [0.25, 0.3) is 0 Å². The molecule has 1 N–H and O–H groups in total. The second kappa shape index (κ2) is 4.67. The average molecular weight is 210 g/mol.